The number of rotatable bonds is 20. The van der Waals surface area contributed by atoms with Crippen molar-refractivity contribution in [3.8, 4) is 0 Å². The molecule has 0 N–H and O–H groups in total. The van der Waals surface area contributed by atoms with Crippen LogP contribution in [0, 0.1) is 0 Å². The molecule has 0 spiro atoms. The molecule has 2 heteroatoms. The van der Waals surface area contributed by atoms with E-state index in [1.54, 1.807) is 0 Å². The molecule has 0 aliphatic heterocycles. The van der Waals surface area contributed by atoms with Gasteiger partial charge in [-0.25, -0.2) is 0 Å². The molecule has 0 aliphatic carbocycles. The lowest BCUT2D eigenvalue weighted by atomic mass is 10.1. The SMILES string of the molecule is CCCCCCCC(C)SCSC(CCCCCC)CCCCCC. The second-order valence-corrected chi connectivity index (χ2v) is 10.9. The van der Waals surface area contributed by atoms with Gasteiger partial charge in [0, 0.05) is 15.6 Å². The summed E-state index contributed by atoms with van der Waals surface area (Å²) < 4.78 is 0. The summed E-state index contributed by atoms with van der Waals surface area (Å²) in [7, 11) is 0. The Kier molecular flexibility index (Phi) is 21.6. The Labute approximate surface area is 169 Å². The van der Waals surface area contributed by atoms with Gasteiger partial charge >= 0.3 is 0 Å². The molecule has 0 nitrogen and oxygen atoms in total. The van der Waals surface area contributed by atoms with E-state index in [1.165, 1.54) is 108 Å². The highest BCUT2D eigenvalue weighted by Crippen LogP contribution is 2.30. The van der Waals surface area contributed by atoms with Crippen molar-refractivity contribution in [1.82, 2.24) is 0 Å². The predicted octanol–water partition coefficient (Wildman–Crippen LogP) is 9.47. The molecule has 0 heterocycles. The summed E-state index contributed by atoms with van der Waals surface area (Å²) in [6, 6.07) is 0. The van der Waals surface area contributed by atoms with E-state index >= 15 is 0 Å². The van der Waals surface area contributed by atoms with Gasteiger partial charge in [-0.2, -0.15) is 0 Å². The van der Waals surface area contributed by atoms with Crippen molar-refractivity contribution < 1.29 is 0 Å². The first-order chi connectivity index (χ1) is 12.2. The Bertz CT molecular complexity index is 230. The highest BCUT2D eigenvalue weighted by molar-refractivity contribution is 8.16. The predicted molar refractivity (Wildman–Crippen MR) is 124 cm³/mol. The van der Waals surface area contributed by atoms with Gasteiger partial charge in [-0.3, -0.25) is 0 Å². The first-order valence-corrected chi connectivity index (χ1v) is 13.6. The third kappa shape index (κ3) is 19.3. The maximum atomic E-state index is 2.45. The normalized spacial score (nSPS) is 12.8. The van der Waals surface area contributed by atoms with Gasteiger partial charge < -0.3 is 0 Å². The van der Waals surface area contributed by atoms with Gasteiger partial charge in [0.15, 0.2) is 0 Å². The van der Waals surface area contributed by atoms with Crippen molar-refractivity contribution in [2.75, 3.05) is 5.08 Å². The molecule has 0 saturated heterocycles. The van der Waals surface area contributed by atoms with Crippen molar-refractivity contribution in [2.45, 2.75) is 141 Å². The summed E-state index contributed by atoms with van der Waals surface area (Å²) in [4.78, 5) is 0. The number of unbranched alkanes of at least 4 members (excludes halogenated alkanes) is 10. The maximum absolute atomic E-state index is 2.45. The van der Waals surface area contributed by atoms with Crippen molar-refractivity contribution in [2.24, 2.45) is 0 Å². The van der Waals surface area contributed by atoms with Gasteiger partial charge in [-0.15, -0.1) is 23.5 Å². The molecule has 1 unspecified atom stereocenters. The molecule has 25 heavy (non-hydrogen) atoms. The van der Waals surface area contributed by atoms with Gasteiger partial charge in [0.05, 0.1) is 0 Å². The van der Waals surface area contributed by atoms with Crippen LogP contribution in [0.5, 0.6) is 0 Å². The van der Waals surface area contributed by atoms with Crippen molar-refractivity contribution >= 4 is 23.5 Å². The molecule has 0 aliphatic rings. The van der Waals surface area contributed by atoms with Gasteiger partial charge in [0.2, 0.25) is 0 Å². The van der Waals surface area contributed by atoms with E-state index in [9.17, 15) is 0 Å². The minimum Gasteiger partial charge on any atom is -0.148 e. The van der Waals surface area contributed by atoms with E-state index in [0.717, 1.165) is 10.5 Å². The standard InChI is InChI=1S/C23H48S2/c1-5-8-11-14-15-18-22(4)24-21-25-23(19-16-12-9-6-2)20-17-13-10-7-3/h22-23H,5-21H2,1-4H3. The van der Waals surface area contributed by atoms with Gasteiger partial charge in [-0.05, 0) is 19.3 Å². The zero-order chi connectivity index (χ0) is 18.6. The molecule has 0 aromatic heterocycles. The van der Waals surface area contributed by atoms with Crippen LogP contribution in [0.2, 0.25) is 0 Å². The summed E-state index contributed by atoms with van der Waals surface area (Å²) in [6.45, 7) is 9.38. The third-order valence-electron chi connectivity index (χ3n) is 5.13. The number of thioether (sulfide) groups is 2. The molecule has 0 rings (SSSR count). The number of hydrogen-bond donors (Lipinski definition) is 0. The molecule has 0 bridgehead atoms. The molecule has 0 saturated carbocycles. The topological polar surface area (TPSA) is 0 Å². The maximum Gasteiger partial charge on any atom is 0.0397 e. The lowest BCUT2D eigenvalue weighted by Gasteiger charge is -2.18. The van der Waals surface area contributed by atoms with Gasteiger partial charge in [-0.1, -0.05) is 111 Å². The lowest BCUT2D eigenvalue weighted by molar-refractivity contribution is 0.564. The van der Waals surface area contributed by atoms with Crippen LogP contribution in [0.15, 0.2) is 0 Å². The van der Waals surface area contributed by atoms with Crippen molar-refractivity contribution in [3.63, 3.8) is 0 Å². The van der Waals surface area contributed by atoms with Crippen LogP contribution in [0.4, 0.5) is 0 Å². The molecule has 152 valence electrons. The Morgan fingerprint density at radius 1 is 0.520 bits per heavy atom. The summed E-state index contributed by atoms with van der Waals surface area (Å²) in [5, 5.41) is 3.11. The highest BCUT2D eigenvalue weighted by atomic mass is 32.2. The van der Waals surface area contributed by atoms with E-state index in [2.05, 4.69) is 51.2 Å². The fourth-order valence-corrected chi connectivity index (χ4v) is 6.29. The molecule has 0 fully saturated rings. The van der Waals surface area contributed by atoms with Gasteiger partial charge in [0.25, 0.3) is 0 Å². The first-order valence-electron chi connectivity index (χ1n) is 11.5. The Morgan fingerprint density at radius 2 is 0.960 bits per heavy atom. The van der Waals surface area contributed by atoms with Crippen molar-refractivity contribution in [1.29, 1.82) is 0 Å². The van der Waals surface area contributed by atoms with E-state index in [1.807, 2.05) is 0 Å². The molecular weight excluding hydrogens is 340 g/mol. The average Bonchev–Trinajstić information content (AvgIpc) is 2.61. The molecular formula is C23H48S2. The van der Waals surface area contributed by atoms with Crippen LogP contribution in [0.1, 0.15) is 130 Å². The molecule has 0 aromatic carbocycles. The Hall–Kier alpha value is 0.700. The number of hydrogen-bond acceptors (Lipinski definition) is 2. The van der Waals surface area contributed by atoms with E-state index < -0.39 is 0 Å². The van der Waals surface area contributed by atoms with Crippen LogP contribution < -0.4 is 0 Å². The quantitative estimate of drug-likeness (QED) is 0.150. The highest BCUT2D eigenvalue weighted by Gasteiger charge is 2.10. The molecule has 0 amide bonds. The average molecular weight is 389 g/mol. The van der Waals surface area contributed by atoms with Crippen LogP contribution >= 0.6 is 23.5 Å². The van der Waals surface area contributed by atoms with Gasteiger partial charge in [0.1, 0.15) is 0 Å². The minimum absolute atomic E-state index is 0.856. The van der Waals surface area contributed by atoms with E-state index in [-0.39, 0.29) is 0 Å². The minimum atomic E-state index is 0.856. The van der Waals surface area contributed by atoms with Crippen LogP contribution in [-0.4, -0.2) is 15.6 Å². The summed E-state index contributed by atoms with van der Waals surface area (Å²) >= 11 is 4.50. The summed E-state index contributed by atoms with van der Waals surface area (Å²) in [5.74, 6) is 0. The second-order valence-electron chi connectivity index (χ2n) is 7.79. The summed E-state index contributed by atoms with van der Waals surface area (Å²) in [6.07, 6.45) is 22.8. The molecule has 1 atom stereocenters. The fraction of sp³-hybridized carbons (Fsp3) is 1.00. The largest absolute Gasteiger partial charge is 0.148 e. The first kappa shape index (κ1) is 25.7. The van der Waals surface area contributed by atoms with Crippen molar-refractivity contribution in [3.05, 3.63) is 0 Å². The van der Waals surface area contributed by atoms with Crippen LogP contribution in [-0.2, 0) is 0 Å². The smallest absolute Gasteiger partial charge is 0.0397 e. The Balaban J connectivity index is 3.81. The Morgan fingerprint density at radius 3 is 1.48 bits per heavy atom. The van der Waals surface area contributed by atoms with E-state index in [0.29, 0.717) is 0 Å². The van der Waals surface area contributed by atoms with Crippen LogP contribution in [0.25, 0.3) is 0 Å². The van der Waals surface area contributed by atoms with Crippen LogP contribution in [0.3, 0.4) is 0 Å². The molecule has 0 radical (unpaired) electrons. The fourth-order valence-electron chi connectivity index (χ4n) is 3.28. The monoisotopic (exact) mass is 388 g/mol. The molecule has 0 aromatic rings. The third-order valence-corrected chi connectivity index (χ3v) is 7.97. The lowest BCUT2D eigenvalue weighted by Crippen LogP contribution is -2.05. The zero-order valence-corrected chi connectivity index (χ0v) is 19.6. The second kappa shape index (κ2) is 21.0. The summed E-state index contributed by atoms with van der Waals surface area (Å²) in [5.41, 5.74) is 0. The zero-order valence-electron chi connectivity index (χ0n) is 18.0. The van der Waals surface area contributed by atoms with E-state index in [4.69, 9.17) is 0 Å².